The Balaban J connectivity index is 1.83. The van der Waals surface area contributed by atoms with Crippen LogP contribution in [0, 0.1) is 5.92 Å². The second-order valence-electron chi connectivity index (χ2n) is 4.22. The Morgan fingerprint density at radius 2 is 2.22 bits per heavy atom. The van der Waals surface area contributed by atoms with Gasteiger partial charge in [0.05, 0.1) is 0 Å². The van der Waals surface area contributed by atoms with Crippen molar-refractivity contribution in [1.82, 2.24) is 20.4 Å². The van der Waals surface area contributed by atoms with E-state index < -0.39 is 0 Å². The average Bonchev–Trinajstić information content (AvgIpc) is 2.72. The first-order chi connectivity index (χ1) is 8.72. The van der Waals surface area contributed by atoms with Gasteiger partial charge in [-0.05, 0) is 56.9 Å². The lowest BCUT2D eigenvalue weighted by molar-refractivity contribution is 0.296. The summed E-state index contributed by atoms with van der Waals surface area (Å²) in [5, 5.41) is 7.19. The van der Waals surface area contributed by atoms with Gasteiger partial charge in [0.25, 0.3) is 0 Å². The van der Waals surface area contributed by atoms with E-state index in [4.69, 9.17) is 4.52 Å². The molecule has 1 aliphatic heterocycles. The average molecular weight is 374 g/mol. The Morgan fingerprint density at radius 3 is 2.89 bits per heavy atom. The second kappa shape index (κ2) is 5.07. The van der Waals surface area contributed by atoms with Crippen molar-refractivity contribution in [1.29, 1.82) is 0 Å². The van der Waals surface area contributed by atoms with Crippen LogP contribution in [0.25, 0.3) is 11.5 Å². The highest BCUT2D eigenvalue weighted by Gasteiger charge is 2.21. The molecule has 7 heteroatoms. The van der Waals surface area contributed by atoms with Crippen LogP contribution in [0.5, 0.6) is 0 Å². The number of pyridine rings is 1. The molecule has 1 fully saturated rings. The lowest BCUT2D eigenvalue weighted by Crippen LogP contribution is -2.43. The molecule has 0 bridgehead atoms. The summed E-state index contributed by atoms with van der Waals surface area (Å²) in [6.45, 7) is 2.05. The quantitative estimate of drug-likeness (QED) is 0.895. The molecule has 5 nitrogen and oxygen atoms in total. The first-order valence-electron chi connectivity index (χ1n) is 5.57. The van der Waals surface area contributed by atoms with Gasteiger partial charge >= 0.3 is 0 Å². The third-order valence-corrected chi connectivity index (χ3v) is 3.86. The topological polar surface area (TPSA) is 63.8 Å². The maximum atomic E-state index is 5.25. The molecule has 94 valence electrons. The number of halogens is 2. The summed E-state index contributed by atoms with van der Waals surface area (Å²) in [7, 11) is 0. The number of hydrogen-bond donors (Lipinski definition) is 1. The van der Waals surface area contributed by atoms with Crippen LogP contribution < -0.4 is 5.32 Å². The highest BCUT2D eigenvalue weighted by Crippen LogP contribution is 2.26. The molecular weight excluding hydrogens is 364 g/mol. The van der Waals surface area contributed by atoms with E-state index in [1.165, 1.54) is 0 Å². The molecule has 1 saturated heterocycles. The van der Waals surface area contributed by atoms with Crippen LogP contribution in [0.4, 0.5) is 0 Å². The number of aromatic nitrogens is 3. The van der Waals surface area contributed by atoms with Crippen molar-refractivity contribution in [2.45, 2.75) is 6.42 Å². The Morgan fingerprint density at radius 1 is 1.39 bits per heavy atom. The van der Waals surface area contributed by atoms with Gasteiger partial charge in [-0.3, -0.25) is 4.98 Å². The van der Waals surface area contributed by atoms with E-state index in [2.05, 4.69) is 52.3 Å². The third-order valence-electron chi connectivity index (χ3n) is 2.82. The fourth-order valence-corrected chi connectivity index (χ4v) is 2.92. The fraction of sp³-hybridized carbons (Fsp3) is 0.364. The summed E-state index contributed by atoms with van der Waals surface area (Å²) in [5.41, 5.74) is 0.694. The molecule has 1 aliphatic rings. The van der Waals surface area contributed by atoms with Gasteiger partial charge in [0.1, 0.15) is 5.69 Å². The molecule has 2 aromatic heterocycles. The molecular formula is C11H10Br2N4O. The van der Waals surface area contributed by atoms with E-state index >= 15 is 0 Å². The minimum absolute atomic E-state index is 0.525. The molecule has 3 rings (SSSR count). The summed E-state index contributed by atoms with van der Waals surface area (Å²) in [5.74, 6) is 1.81. The van der Waals surface area contributed by atoms with Crippen LogP contribution in [0.2, 0.25) is 0 Å². The zero-order valence-electron chi connectivity index (χ0n) is 9.36. The van der Waals surface area contributed by atoms with E-state index in [-0.39, 0.29) is 0 Å². The van der Waals surface area contributed by atoms with E-state index in [9.17, 15) is 0 Å². The van der Waals surface area contributed by atoms with Crippen LogP contribution in [-0.4, -0.2) is 28.2 Å². The van der Waals surface area contributed by atoms with Crippen LogP contribution in [0.15, 0.2) is 25.7 Å². The van der Waals surface area contributed by atoms with E-state index in [1.54, 1.807) is 6.20 Å². The number of nitrogens with zero attached hydrogens (tertiary/aromatic N) is 3. The Labute approximate surface area is 121 Å². The van der Waals surface area contributed by atoms with Crippen molar-refractivity contribution in [3.63, 3.8) is 0 Å². The zero-order valence-corrected chi connectivity index (χ0v) is 12.5. The minimum atomic E-state index is 0.525. The highest BCUT2D eigenvalue weighted by molar-refractivity contribution is 9.11. The van der Waals surface area contributed by atoms with E-state index in [0.29, 0.717) is 23.3 Å². The molecule has 0 atom stereocenters. The van der Waals surface area contributed by atoms with E-state index in [1.807, 2.05) is 6.07 Å². The molecule has 0 spiro atoms. The first-order valence-corrected chi connectivity index (χ1v) is 7.15. The molecule has 18 heavy (non-hydrogen) atoms. The van der Waals surface area contributed by atoms with Crippen LogP contribution in [0.3, 0.4) is 0 Å². The largest absolute Gasteiger partial charge is 0.339 e. The molecule has 0 aliphatic carbocycles. The van der Waals surface area contributed by atoms with Gasteiger partial charge in [0, 0.05) is 21.6 Å². The molecule has 2 aromatic rings. The minimum Gasteiger partial charge on any atom is -0.339 e. The van der Waals surface area contributed by atoms with Crippen LogP contribution >= 0.6 is 31.9 Å². The van der Waals surface area contributed by atoms with Gasteiger partial charge in [-0.2, -0.15) is 4.98 Å². The van der Waals surface area contributed by atoms with Gasteiger partial charge < -0.3 is 9.84 Å². The van der Waals surface area contributed by atoms with Gasteiger partial charge in [0.2, 0.25) is 11.7 Å². The van der Waals surface area contributed by atoms with Gasteiger partial charge in [-0.1, -0.05) is 5.16 Å². The van der Waals surface area contributed by atoms with Gasteiger partial charge in [0.15, 0.2) is 0 Å². The molecule has 0 amide bonds. The lowest BCUT2D eigenvalue weighted by Gasteiger charge is -2.25. The predicted molar refractivity (Wildman–Crippen MR) is 73.0 cm³/mol. The van der Waals surface area contributed by atoms with Gasteiger partial charge in [-0.15, -0.1) is 0 Å². The van der Waals surface area contributed by atoms with Gasteiger partial charge in [-0.25, -0.2) is 0 Å². The second-order valence-corrected chi connectivity index (χ2v) is 5.99. The zero-order chi connectivity index (χ0) is 12.5. The number of rotatable bonds is 3. The van der Waals surface area contributed by atoms with Crippen molar-refractivity contribution in [3.8, 4) is 11.5 Å². The fourth-order valence-electron chi connectivity index (χ4n) is 1.75. The summed E-state index contributed by atoms with van der Waals surface area (Å²) in [4.78, 5) is 8.66. The van der Waals surface area contributed by atoms with Crippen molar-refractivity contribution >= 4 is 31.9 Å². The normalized spacial score (nSPS) is 15.7. The van der Waals surface area contributed by atoms with E-state index in [0.717, 1.165) is 28.5 Å². The Bertz CT molecular complexity index is 568. The summed E-state index contributed by atoms with van der Waals surface area (Å²) < 4.78 is 7.00. The number of hydrogen-bond acceptors (Lipinski definition) is 5. The van der Waals surface area contributed by atoms with Crippen LogP contribution in [-0.2, 0) is 6.42 Å². The maximum absolute atomic E-state index is 5.25. The predicted octanol–water partition coefficient (Wildman–Crippen LogP) is 2.42. The standard InChI is InChI=1S/C11H10Br2N4O/c12-7-2-8(13)10(15-5-7)11-16-9(18-17-11)1-6-3-14-4-6/h2,5-6,14H,1,3-4H2. The third kappa shape index (κ3) is 2.48. The van der Waals surface area contributed by atoms with Crippen molar-refractivity contribution in [2.24, 2.45) is 5.92 Å². The molecule has 0 radical (unpaired) electrons. The van der Waals surface area contributed by atoms with Crippen molar-refractivity contribution in [3.05, 3.63) is 27.1 Å². The summed E-state index contributed by atoms with van der Waals surface area (Å²) in [6.07, 6.45) is 2.54. The molecule has 0 aromatic carbocycles. The summed E-state index contributed by atoms with van der Waals surface area (Å²) in [6, 6.07) is 1.91. The first kappa shape index (κ1) is 12.3. The molecule has 0 saturated carbocycles. The highest BCUT2D eigenvalue weighted by atomic mass is 79.9. The SMILES string of the molecule is Brc1cnc(-c2noc(CC3CNC3)n2)c(Br)c1. The Kier molecular flexibility index (Phi) is 3.45. The van der Waals surface area contributed by atoms with Crippen molar-refractivity contribution in [2.75, 3.05) is 13.1 Å². The summed E-state index contributed by atoms with van der Waals surface area (Å²) >= 11 is 6.80. The van der Waals surface area contributed by atoms with Crippen LogP contribution in [0.1, 0.15) is 5.89 Å². The lowest BCUT2D eigenvalue weighted by atomic mass is 10.00. The Hall–Kier alpha value is -0.790. The van der Waals surface area contributed by atoms with Crippen molar-refractivity contribution < 1.29 is 4.52 Å². The number of nitrogens with one attached hydrogen (secondary N) is 1. The molecule has 3 heterocycles. The monoisotopic (exact) mass is 372 g/mol. The molecule has 0 unspecified atom stereocenters. The molecule has 1 N–H and O–H groups in total. The smallest absolute Gasteiger partial charge is 0.227 e. The maximum Gasteiger partial charge on any atom is 0.227 e.